The number of carbonyl (C=O) groups is 1. The van der Waals surface area contributed by atoms with Crippen molar-refractivity contribution >= 4 is 28.4 Å². The van der Waals surface area contributed by atoms with Crippen LogP contribution in [0.5, 0.6) is 5.75 Å². The molecule has 0 aliphatic carbocycles. The number of fused-ring (bicyclic) bond motifs is 1. The van der Waals surface area contributed by atoms with Crippen LogP contribution in [-0.4, -0.2) is 36.0 Å². The third-order valence-corrected chi connectivity index (χ3v) is 4.67. The molecular formula is C22H23ClN2O2. The van der Waals surface area contributed by atoms with Crippen molar-refractivity contribution in [3.05, 3.63) is 70.9 Å². The molecule has 5 heteroatoms. The largest absolute Gasteiger partial charge is 0.492 e. The Morgan fingerprint density at radius 1 is 1.15 bits per heavy atom. The first-order chi connectivity index (χ1) is 13.0. The van der Waals surface area contributed by atoms with Crippen molar-refractivity contribution < 1.29 is 9.53 Å². The number of pyridine rings is 1. The molecule has 0 N–H and O–H groups in total. The summed E-state index contributed by atoms with van der Waals surface area (Å²) < 4.78 is 5.70. The first-order valence-electron chi connectivity index (χ1n) is 8.99. The minimum absolute atomic E-state index is 0.0322. The number of para-hydroxylation sites is 1. The van der Waals surface area contributed by atoms with Gasteiger partial charge in [-0.15, -0.1) is 0 Å². The summed E-state index contributed by atoms with van der Waals surface area (Å²) in [5, 5.41) is 1.54. The standard InChI is InChI=1S/C22H23ClN2O2/c1-15(2)21-14-19(18-6-4-5-7-20(18)24-21)22(26)25(3)12-13-27-17-10-8-16(23)9-11-17/h4-11,14-15H,12-13H2,1-3H3. The van der Waals surface area contributed by atoms with E-state index in [0.29, 0.717) is 23.7 Å². The van der Waals surface area contributed by atoms with Crippen LogP contribution in [0.15, 0.2) is 54.6 Å². The Morgan fingerprint density at radius 2 is 1.85 bits per heavy atom. The predicted molar refractivity (Wildman–Crippen MR) is 110 cm³/mol. The second-order valence-electron chi connectivity index (χ2n) is 6.80. The first kappa shape index (κ1) is 19.2. The minimum Gasteiger partial charge on any atom is -0.492 e. The Labute approximate surface area is 164 Å². The molecule has 1 aromatic heterocycles. The van der Waals surface area contributed by atoms with Gasteiger partial charge >= 0.3 is 0 Å². The summed E-state index contributed by atoms with van der Waals surface area (Å²) in [6.07, 6.45) is 0. The van der Waals surface area contributed by atoms with Crippen molar-refractivity contribution in [2.24, 2.45) is 0 Å². The van der Waals surface area contributed by atoms with Crippen LogP contribution >= 0.6 is 11.6 Å². The Balaban J connectivity index is 1.75. The van der Waals surface area contributed by atoms with Crippen LogP contribution in [-0.2, 0) is 0 Å². The van der Waals surface area contributed by atoms with Gasteiger partial charge in [-0.3, -0.25) is 9.78 Å². The Morgan fingerprint density at radius 3 is 2.56 bits per heavy atom. The van der Waals surface area contributed by atoms with Crippen LogP contribution in [0.2, 0.25) is 5.02 Å². The molecular weight excluding hydrogens is 360 g/mol. The van der Waals surface area contributed by atoms with Crippen molar-refractivity contribution in [1.82, 2.24) is 9.88 Å². The SMILES string of the molecule is CC(C)c1cc(C(=O)N(C)CCOc2ccc(Cl)cc2)c2ccccc2n1. The van der Waals surface area contributed by atoms with Crippen LogP contribution in [0.4, 0.5) is 0 Å². The van der Waals surface area contributed by atoms with Crippen LogP contribution in [0, 0.1) is 0 Å². The van der Waals surface area contributed by atoms with Gasteiger partial charge in [-0.2, -0.15) is 0 Å². The summed E-state index contributed by atoms with van der Waals surface area (Å²) in [7, 11) is 1.79. The van der Waals surface area contributed by atoms with Crippen molar-refractivity contribution in [3.63, 3.8) is 0 Å². The zero-order chi connectivity index (χ0) is 19.4. The second-order valence-corrected chi connectivity index (χ2v) is 7.23. The number of benzene rings is 2. The van der Waals surface area contributed by atoms with Crippen LogP contribution in [0.3, 0.4) is 0 Å². The number of hydrogen-bond donors (Lipinski definition) is 0. The number of ether oxygens (including phenoxy) is 1. The number of aromatic nitrogens is 1. The lowest BCUT2D eigenvalue weighted by atomic mass is 10.0. The molecule has 3 aromatic rings. The molecule has 2 aromatic carbocycles. The number of carbonyl (C=O) groups excluding carboxylic acids is 1. The van der Waals surface area contributed by atoms with Gasteiger partial charge in [0.25, 0.3) is 5.91 Å². The number of rotatable bonds is 6. The summed E-state index contributed by atoms with van der Waals surface area (Å²) in [5.74, 6) is 0.951. The number of halogens is 1. The maximum absolute atomic E-state index is 13.0. The fourth-order valence-corrected chi connectivity index (χ4v) is 2.93. The summed E-state index contributed by atoms with van der Waals surface area (Å²) in [4.78, 5) is 19.4. The zero-order valence-electron chi connectivity index (χ0n) is 15.8. The first-order valence-corrected chi connectivity index (χ1v) is 9.37. The molecule has 0 fully saturated rings. The summed E-state index contributed by atoms with van der Waals surface area (Å²) in [5.41, 5.74) is 2.44. The average Bonchev–Trinajstić information content (AvgIpc) is 2.67. The lowest BCUT2D eigenvalue weighted by molar-refractivity contribution is 0.0775. The Hall–Kier alpha value is -2.59. The van der Waals surface area contributed by atoms with Gasteiger partial charge in [0.05, 0.1) is 17.6 Å². The molecule has 27 heavy (non-hydrogen) atoms. The van der Waals surface area contributed by atoms with Gasteiger partial charge in [0, 0.05) is 23.2 Å². The fraction of sp³-hybridized carbons (Fsp3) is 0.273. The van der Waals surface area contributed by atoms with Crippen LogP contribution < -0.4 is 4.74 Å². The molecule has 0 saturated carbocycles. The normalized spacial score (nSPS) is 11.0. The highest BCUT2D eigenvalue weighted by atomic mass is 35.5. The van der Waals surface area contributed by atoms with Crippen molar-refractivity contribution in [2.75, 3.05) is 20.2 Å². The van der Waals surface area contributed by atoms with Gasteiger partial charge in [-0.1, -0.05) is 43.6 Å². The molecule has 0 aliphatic heterocycles. The van der Waals surface area contributed by atoms with E-state index < -0.39 is 0 Å². The van der Waals surface area contributed by atoms with Crippen LogP contribution in [0.1, 0.15) is 35.8 Å². The van der Waals surface area contributed by atoms with Gasteiger partial charge in [0.1, 0.15) is 12.4 Å². The van der Waals surface area contributed by atoms with E-state index >= 15 is 0 Å². The van der Waals surface area contributed by atoms with E-state index in [0.717, 1.165) is 22.3 Å². The molecule has 4 nitrogen and oxygen atoms in total. The predicted octanol–water partition coefficient (Wildman–Crippen LogP) is 5.16. The van der Waals surface area contributed by atoms with E-state index in [-0.39, 0.29) is 11.8 Å². The molecule has 3 rings (SSSR count). The van der Waals surface area contributed by atoms with E-state index in [1.54, 1.807) is 24.1 Å². The number of nitrogens with zero attached hydrogens (tertiary/aromatic N) is 2. The fourth-order valence-electron chi connectivity index (χ4n) is 2.81. The smallest absolute Gasteiger partial charge is 0.254 e. The van der Waals surface area contributed by atoms with Gasteiger partial charge in [-0.25, -0.2) is 0 Å². The number of likely N-dealkylation sites (N-methyl/N-ethyl adjacent to an activating group) is 1. The third kappa shape index (κ3) is 4.58. The molecule has 0 aliphatic rings. The van der Waals surface area contributed by atoms with Gasteiger partial charge in [-0.05, 0) is 42.3 Å². The highest BCUT2D eigenvalue weighted by molar-refractivity contribution is 6.30. The summed E-state index contributed by atoms with van der Waals surface area (Å²) in [6, 6.07) is 16.9. The van der Waals surface area contributed by atoms with E-state index in [9.17, 15) is 4.79 Å². The van der Waals surface area contributed by atoms with Crippen LogP contribution in [0.25, 0.3) is 10.9 Å². The number of amides is 1. The highest BCUT2D eigenvalue weighted by Crippen LogP contribution is 2.23. The van der Waals surface area contributed by atoms with Crippen molar-refractivity contribution in [2.45, 2.75) is 19.8 Å². The van der Waals surface area contributed by atoms with Crippen molar-refractivity contribution in [3.8, 4) is 5.75 Å². The Kier molecular flexibility index (Phi) is 5.97. The lowest BCUT2D eigenvalue weighted by Crippen LogP contribution is -2.31. The quantitative estimate of drug-likeness (QED) is 0.591. The monoisotopic (exact) mass is 382 g/mol. The minimum atomic E-state index is -0.0322. The van der Waals surface area contributed by atoms with E-state index in [1.807, 2.05) is 42.5 Å². The molecule has 1 heterocycles. The molecule has 0 bridgehead atoms. The lowest BCUT2D eigenvalue weighted by Gasteiger charge is -2.19. The Bertz CT molecular complexity index is 939. The molecule has 0 atom stereocenters. The molecule has 0 radical (unpaired) electrons. The van der Waals surface area contributed by atoms with E-state index in [1.165, 1.54) is 0 Å². The third-order valence-electron chi connectivity index (χ3n) is 4.41. The molecule has 1 amide bonds. The maximum Gasteiger partial charge on any atom is 0.254 e. The molecule has 0 saturated heterocycles. The highest BCUT2D eigenvalue weighted by Gasteiger charge is 2.17. The molecule has 140 valence electrons. The average molecular weight is 383 g/mol. The zero-order valence-corrected chi connectivity index (χ0v) is 16.5. The second kappa shape index (κ2) is 8.40. The van der Waals surface area contributed by atoms with E-state index in [4.69, 9.17) is 16.3 Å². The van der Waals surface area contributed by atoms with Crippen molar-refractivity contribution in [1.29, 1.82) is 0 Å². The molecule has 0 spiro atoms. The van der Waals surface area contributed by atoms with Gasteiger partial charge in [0.2, 0.25) is 0 Å². The van der Waals surface area contributed by atoms with Gasteiger partial charge in [0.15, 0.2) is 0 Å². The topological polar surface area (TPSA) is 42.4 Å². The number of hydrogen-bond acceptors (Lipinski definition) is 3. The van der Waals surface area contributed by atoms with Gasteiger partial charge < -0.3 is 9.64 Å². The summed E-state index contributed by atoms with van der Waals surface area (Å²) in [6.45, 7) is 5.04. The maximum atomic E-state index is 13.0. The van der Waals surface area contributed by atoms with E-state index in [2.05, 4.69) is 18.8 Å². The molecule has 0 unspecified atom stereocenters. The summed E-state index contributed by atoms with van der Waals surface area (Å²) >= 11 is 5.87.